The Bertz CT molecular complexity index is 279. The molecule has 0 atom stereocenters. The van der Waals surface area contributed by atoms with Gasteiger partial charge in [0.25, 0.3) is 0 Å². The Labute approximate surface area is 198 Å². The summed E-state index contributed by atoms with van der Waals surface area (Å²) >= 11 is 0. The second kappa shape index (κ2) is 28.0. The van der Waals surface area contributed by atoms with E-state index in [2.05, 4.69) is 31.4 Å². The molecule has 0 saturated carbocycles. The predicted octanol–water partition coefficient (Wildman–Crippen LogP) is 9.52. The highest BCUT2D eigenvalue weighted by molar-refractivity contribution is 4.65. The Morgan fingerprint density at radius 1 is 0.355 bits per heavy atom. The van der Waals surface area contributed by atoms with Crippen LogP contribution in [0.2, 0.25) is 0 Å². The Morgan fingerprint density at radius 3 is 0.968 bits per heavy atom. The second-order valence-corrected chi connectivity index (χ2v) is 9.97. The molecule has 0 fully saturated rings. The summed E-state index contributed by atoms with van der Waals surface area (Å²) in [5.41, 5.74) is 0. The molecule has 0 aliphatic heterocycles. The van der Waals surface area contributed by atoms with Crippen LogP contribution >= 0.6 is 0 Å². The van der Waals surface area contributed by atoms with Gasteiger partial charge in [-0.3, -0.25) is 0 Å². The van der Waals surface area contributed by atoms with Gasteiger partial charge in [-0.05, 0) is 32.4 Å². The molecule has 2 nitrogen and oxygen atoms in total. The van der Waals surface area contributed by atoms with Crippen molar-refractivity contribution in [3.05, 3.63) is 0 Å². The van der Waals surface area contributed by atoms with Crippen molar-refractivity contribution in [3.8, 4) is 0 Å². The van der Waals surface area contributed by atoms with E-state index in [0.29, 0.717) is 6.17 Å². The number of hydrogen-bond donors (Lipinski definition) is 2. The van der Waals surface area contributed by atoms with Gasteiger partial charge in [-0.15, -0.1) is 0 Å². The molecule has 0 unspecified atom stereocenters. The maximum absolute atomic E-state index is 3.80. The molecule has 188 valence electrons. The van der Waals surface area contributed by atoms with Gasteiger partial charge in [-0.1, -0.05) is 149 Å². The lowest BCUT2D eigenvalue weighted by molar-refractivity contribution is 0.379. The Hall–Kier alpha value is -0.0800. The molecule has 0 aliphatic carbocycles. The fraction of sp³-hybridized carbons (Fsp3) is 1.00. The van der Waals surface area contributed by atoms with Crippen LogP contribution in [0.3, 0.4) is 0 Å². The van der Waals surface area contributed by atoms with Crippen molar-refractivity contribution < 1.29 is 0 Å². The van der Waals surface area contributed by atoms with E-state index in [0.717, 1.165) is 0 Å². The summed E-state index contributed by atoms with van der Waals surface area (Å²) in [6.45, 7) is 9.29. The van der Waals surface area contributed by atoms with Crippen LogP contribution in [0.1, 0.15) is 168 Å². The number of hydrogen-bond acceptors (Lipinski definition) is 2. The van der Waals surface area contributed by atoms with E-state index in [4.69, 9.17) is 0 Å². The van der Waals surface area contributed by atoms with Crippen LogP contribution in [-0.4, -0.2) is 19.3 Å². The number of unbranched alkanes of at least 4 members (excludes halogenated alkanes) is 19. The van der Waals surface area contributed by atoms with Gasteiger partial charge in [-0.2, -0.15) is 0 Å². The van der Waals surface area contributed by atoms with E-state index in [1.54, 1.807) is 0 Å². The molecule has 31 heavy (non-hydrogen) atoms. The molecule has 2 heteroatoms. The molecule has 0 rings (SSSR count). The monoisotopic (exact) mass is 438 g/mol. The zero-order valence-corrected chi connectivity index (χ0v) is 22.3. The van der Waals surface area contributed by atoms with Crippen LogP contribution in [0.5, 0.6) is 0 Å². The summed E-state index contributed by atoms with van der Waals surface area (Å²) in [7, 11) is 0. The molecule has 0 aromatic carbocycles. The highest BCUT2D eigenvalue weighted by Crippen LogP contribution is 2.11. The highest BCUT2D eigenvalue weighted by atomic mass is 15.1. The van der Waals surface area contributed by atoms with Crippen molar-refractivity contribution in [2.45, 2.75) is 175 Å². The molecular weight excluding hydrogens is 376 g/mol. The fourth-order valence-corrected chi connectivity index (χ4v) is 4.46. The summed E-state index contributed by atoms with van der Waals surface area (Å²) in [5.74, 6) is 0. The molecular formula is C29H62N2. The predicted molar refractivity (Wildman–Crippen MR) is 143 cm³/mol. The lowest BCUT2D eigenvalue weighted by Crippen LogP contribution is -2.43. The maximum atomic E-state index is 3.80. The molecule has 0 radical (unpaired) electrons. The molecule has 0 aromatic heterocycles. The minimum atomic E-state index is 0.539. The van der Waals surface area contributed by atoms with Crippen molar-refractivity contribution in [2.24, 2.45) is 0 Å². The highest BCUT2D eigenvalue weighted by Gasteiger charge is 2.06. The first-order valence-electron chi connectivity index (χ1n) is 14.8. The van der Waals surface area contributed by atoms with Crippen molar-refractivity contribution >= 4 is 0 Å². The van der Waals surface area contributed by atoms with E-state index in [9.17, 15) is 0 Å². The van der Waals surface area contributed by atoms with Crippen LogP contribution < -0.4 is 10.6 Å². The molecule has 0 aromatic rings. The Kier molecular flexibility index (Phi) is 27.9. The van der Waals surface area contributed by atoms with Crippen LogP contribution in [-0.2, 0) is 0 Å². The van der Waals surface area contributed by atoms with Crippen LogP contribution in [0.15, 0.2) is 0 Å². The van der Waals surface area contributed by atoms with Crippen molar-refractivity contribution in [3.63, 3.8) is 0 Å². The quantitative estimate of drug-likeness (QED) is 0.0985. The molecule has 0 aliphatic rings. The van der Waals surface area contributed by atoms with Crippen LogP contribution in [0.25, 0.3) is 0 Å². The first kappa shape index (κ1) is 30.9. The standard InChI is InChI=1S/C29H62N2/c1-4-7-10-12-14-16-18-20-22-24-27-30-29(26-9-6-3)31-28-25-23-21-19-17-15-13-11-8-5-2/h29-31H,4-28H2,1-3H3. The summed E-state index contributed by atoms with van der Waals surface area (Å²) < 4.78 is 0. The fourth-order valence-electron chi connectivity index (χ4n) is 4.46. The molecule has 0 saturated heterocycles. The maximum Gasteiger partial charge on any atom is 0.0571 e. The van der Waals surface area contributed by atoms with E-state index in [-0.39, 0.29) is 0 Å². The SMILES string of the molecule is CCCCCCCCCCCCNC(CCCC)NCCCCCCCCCCCC. The van der Waals surface area contributed by atoms with Gasteiger partial charge in [-0.25, -0.2) is 0 Å². The lowest BCUT2D eigenvalue weighted by Gasteiger charge is -2.20. The first-order valence-corrected chi connectivity index (χ1v) is 14.8. The summed E-state index contributed by atoms with van der Waals surface area (Å²) in [6, 6.07) is 0. The third-order valence-electron chi connectivity index (χ3n) is 6.69. The zero-order valence-electron chi connectivity index (χ0n) is 22.3. The lowest BCUT2D eigenvalue weighted by atomic mass is 10.1. The largest absolute Gasteiger partial charge is 0.302 e. The van der Waals surface area contributed by atoms with E-state index >= 15 is 0 Å². The van der Waals surface area contributed by atoms with E-state index < -0.39 is 0 Å². The summed E-state index contributed by atoms with van der Waals surface area (Å²) in [4.78, 5) is 0. The molecule has 0 bridgehead atoms. The third kappa shape index (κ3) is 26.1. The van der Waals surface area contributed by atoms with Crippen LogP contribution in [0, 0.1) is 0 Å². The zero-order chi connectivity index (χ0) is 22.7. The third-order valence-corrected chi connectivity index (χ3v) is 6.69. The topological polar surface area (TPSA) is 24.1 Å². The van der Waals surface area contributed by atoms with E-state index in [1.807, 2.05) is 0 Å². The number of rotatable bonds is 27. The van der Waals surface area contributed by atoms with Gasteiger partial charge in [0.15, 0.2) is 0 Å². The number of nitrogens with one attached hydrogen (secondary N) is 2. The summed E-state index contributed by atoms with van der Waals surface area (Å²) in [6.07, 6.45) is 32.9. The van der Waals surface area contributed by atoms with Gasteiger partial charge in [0.1, 0.15) is 0 Å². The van der Waals surface area contributed by atoms with Gasteiger partial charge in [0, 0.05) is 0 Å². The van der Waals surface area contributed by atoms with Gasteiger partial charge < -0.3 is 10.6 Å². The molecule has 0 spiro atoms. The Morgan fingerprint density at radius 2 is 0.645 bits per heavy atom. The molecule has 0 heterocycles. The first-order chi connectivity index (χ1) is 15.3. The normalized spacial score (nSPS) is 11.6. The molecule has 0 amide bonds. The Balaban J connectivity index is 3.50. The van der Waals surface area contributed by atoms with Gasteiger partial charge in [0.05, 0.1) is 6.17 Å². The van der Waals surface area contributed by atoms with Crippen LogP contribution in [0.4, 0.5) is 0 Å². The van der Waals surface area contributed by atoms with E-state index in [1.165, 1.54) is 161 Å². The average Bonchev–Trinajstić information content (AvgIpc) is 2.78. The van der Waals surface area contributed by atoms with Gasteiger partial charge >= 0.3 is 0 Å². The summed E-state index contributed by atoms with van der Waals surface area (Å²) in [5, 5.41) is 7.61. The van der Waals surface area contributed by atoms with Crippen molar-refractivity contribution in [2.75, 3.05) is 13.1 Å². The van der Waals surface area contributed by atoms with Gasteiger partial charge in [0.2, 0.25) is 0 Å². The minimum absolute atomic E-state index is 0.539. The second-order valence-electron chi connectivity index (χ2n) is 9.97. The molecule has 2 N–H and O–H groups in total. The van der Waals surface area contributed by atoms with Crippen molar-refractivity contribution in [1.29, 1.82) is 0 Å². The minimum Gasteiger partial charge on any atom is -0.302 e. The average molecular weight is 439 g/mol. The smallest absolute Gasteiger partial charge is 0.0571 e. The van der Waals surface area contributed by atoms with Crippen molar-refractivity contribution in [1.82, 2.24) is 10.6 Å².